The highest BCUT2D eigenvalue weighted by Crippen LogP contribution is 2.13. The van der Waals surface area contributed by atoms with Crippen LogP contribution in [0.3, 0.4) is 0 Å². The Labute approximate surface area is 399 Å². The van der Waals surface area contributed by atoms with E-state index in [9.17, 15) is 0 Å². The van der Waals surface area contributed by atoms with E-state index in [1.54, 1.807) is 18.6 Å². The lowest BCUT2D eigenvalue weighted by atomic mass is 10.2. The number of hydrogen-bond donors (Lipinski definition) is 1. The molecule has 0 unspecified atom stereocenters. The van der Waals surface area contributed by atoms with Gasteiger partial charge in [-0.15, -0.1) is 0 Å². The molecule has 6 aromatic heterocycles. The minimum absolute atomic E-state index is 0.728. The molecule has 0 amide bonds. The summed E-state index contributed by atoms with van der Waals surface area (Å²) in [6, 6.07) is 39.9. The number of rotatable bonds is 18. The van der Waals surface area contributed by atoms with Crippen molar-refractivity contribution < 1.29 is 0 Å². The van der Waals surface area contributed by atoms with Crippen molar-refractivity contribution in [3.63, 3.8) is 0 Å². The normalized spacial score (nSPS) is 11.1. The smallest absolute Gasteiger partial charge is 0.152 e. The van der Waals surface area contributed by atoms with Gasteiger partial charge in [0.15, 0.2) is 5.82 Å². The standard InChI is InChI=1S/C16H21N3.C14H15N3.C13H21N3.C12H13N3/c1-3-19(4-2)12-11-17-13-15-10-9-14-7-5-6-8-16(14)18-15;1-10-7-12(3)17-14(8-10)15-9-13-6-4-5-11(2)16-13;1-4-16(5-2)10-9-14-11-13-8-6-7-12(3)15-13;1-3-7-14-11(5-1)9-13-10-12-6-2-4-8-15-12/h5-10,13H,3-4,11-12H2,1-2H3;4-9H,1-3H3;6-8,11H,4-5,9-10H2,1-3H3;1-8,13H,9-10H2. The Hall–Kier alpha value is -6.73. The molecule has 0 bridgehead atoms. The fraction of sp³-hybridized carbons (Fsp3) is 0.327. The topological polar surface area (TPSA) is 133 Å². The van der Waals surface area contributed by atoms with Gasteiger partial charge in [0, 0.05) is 73.5 Å². The number of aryl methyl sites for hydroxylation is 4. The first kappa shape index (κ1) is 52.9. The molecule has 350 valence electrons. The summed E-state index contributed by atoms with van der Waals surface area (Å²) in [5.41, 5.74) is 10.0. The second kappa shape index (κ2) is 31.2. The Morgan fingerprint density at radius 3 is 1.52 bits per heavy atom. The molecular formula is C55H70N12. The van der Waals surface area contributed by atoms with Crippen molar-refractivity contribution in [2.75, 3.05) is 52.4 Å². The predicted octanol–water partition coefficient (Wildman–Crippen LogP) is 10.1. The number of fused-ring (bicyclic) bond motifs is 1. The maximum absolute atomic E-state index is 4.57. The van der Waals surface area contributed by atoms with Gasteiger partial charge in [0.25, 0.3) is 0 Å². The summed E-state index contributed by atoms with van der Waals surface area (Å²) >= 11 is 0. The minimum Gasteiger partial charge on any atom is -0.306 e. The van der Waals surface area contributed by atoms with E-state index in [2.05, 4.69) is 99.8 Å². The van der Waals surface area contributed by atoms with Crippen LogP contribution in [0, 0.1) is 27.7 Å². The van der Waals surface area contributed by atoms with Crippen LogP contribution in [0.2, 0.25) is 0 Å². The molecule has 1 aromatic carbocycles. The van der Waals surface area contributed by atoms with Crippen LogP contribution >= 0.6 is 0 Å². The summed E-state index contributed by atoms with van der Waals surface area (Å²) in [5, 5.41) is 4.46. The number of likely N-dealkylation sites (N-methyl/N-ethyl adjacent to an activating group) is 2. The number of pyridine rings is 6. The molecule has 7 rings (SSSR count). The lowest BCUT2D eigenvalue weighted by Crippen LogP contribution is -2.25. The quantitative estimate of drug-likeness (QED) is 0.0836. The Balaban J connectivity index is 0.000000196. The highest BCUT2D eigenvalue weighted by molar-refractivity contribution is 5.85. The second-order valence-electron chi connectivity index (χ2n) is 15.6. The van der Waals surface area contributed by atoms with Gasteiger partial charge < -0.3 is 15.1 Å². The van der Waals surface area contributed by atoms with Gasteiger partial charge in [0.1, 0.15) is 0 Å². The Morgan fingerprint density at radius 1 is 0.493 bits per heavy atom. The summed E-state index contributed by atoms with van der Waals surface area (Å²) in [5.74, 6) is 0.728. The van der Waals surface area contributed by atoms with E-state index >= 15 is 0 Å². The van der Waals surface area contributed by atoms with E-state index in [0.29, 0.717) is 0 Å². The Kier molecular flexibility index (Phi) is 24.7. The molecule has 0 radical (unpaired) electrons. The minimum atomic E-state index is 0.728. The third-order valence-corrected chi connectivity index (χ3v) is 10.2. The van der Waals surface area contributed by atoms with Crippen molar-refractivity contribution in [3.8, 4) is 0 Å². The van der Waals surface area contributed by atoms with E-state index in [0.717, 1.165) is 122 Å². The van der Waals surface area contributed by atoms with Gasteiger partial charge in [-0.2, -0.15) is 0 Å². The van der Waals surface area contributed by atoms with E-state index in [1.807, 2.05) is 149 Å². The van der Waals surface area contributed by atoms with Crippen LogP contribution in [0.25, 0.3) is 10.9 Å². The van der Waals surface area contributed by atoms with Gasteiger partial charge in [-0.1, -0.05) is 76.2 Å². The summed E-state index contributed by atoms with van der Waals surface area (Å²) < 4.78 is 0. The highest BCUT2D eigenvalue weighted by Gasteiger charge is 2.00. The fourth-order valence-corrected chi connectivity index (χ4v) is 6.56. The lowest BCUT2D eigenvalue weighted by Gasteiger charge is -2.15. The van der Waals surface area contributed by atoms with Crippen LogP contribution in [0.15, 0.2) is 149 Å². The SMILES string of the molecule is CCN(CC)CCN=Cc1ccc2ccccc2n1.CCN(CC)CCN=Cc1cccc(C)n1.Cc1cc(C)nc(N=Cc2cccc(C)n2)c1.c1ccc(CNCc2ccccn2)nc1. The number of aromatic nitrogens is 6. The third kappa shape index (κ3) is 21.9. The number of hydrogen-bond acceptors (Lipinski definition) is 12. The third-order valence-electron chi connectivity index (χ3n) is 10.2. The van der Waals surface area contributed by atoms with Gasteiger partial charge in [-0.05, 0) is 132 Å². The van der Waals surface area contributed by atoms with Crippen LogP contribution in [-0.4, -0.2) is 111 Å². The molecule has 0 spiro atoms. The van der Waals surface area contributed by atoms with Crippen LogP contribution in [0.1, 0.15) is 78.8 Å². The molecule has 12 nitrogen and oxygen atoms in total. The van der Waals surface area contributed by atoms with E-state index in [4.69, 9.17) is 0 Å². The maximum Gasteiger partial charge on any atom is 0.152 e. The van der Waals surface area contributed by atoms with Gasteiger partial charge in [0.05, 0.1) is 53.3 Å². The van der Waals surface area contributed by atoms with Crippen molar-refractivity contribution in [2.45, 2.75) is 68.5 Å². The van der Waals surface area contributed by atoms with Gasteiger partial charge >= 0.3 is 0 Å². The first-order chi connectivity index (χ1) is 32.7. The molecule has 67 heavy (non-hydrogen) atoms. The number of para-hydroxylation sites is 1. The molecule has 6 heterocycles. The molecule has 0 aliphatic rings. The van der Waals surface area contributed by atoms with Crippen molar-refractivity contribution in [2.24, 2.45) is 15.0 Å². The molecule has 0 aliphatic carbocycles. The van der Waals surface area contributed by atoms with E-state index in [-0.39, 0.29) is 0 Å². The van der Waals surface area contributed by atoms with Crippen LogP contribution in [0.5, 0.6) is 0 Å². The molecule has 0 aliphatic heterocycles. The number of nitrogens with one attached hydrogen (secondary N) is 1. The number of aliphatic imine (C=N–C) groups is 3. The zero-order valence-corrected chi connectivity index (χ0v) is 40.9. The molecular weight excluding hydrogens is 829 g/mol. The zero-order chi connectivity index (χ0) is 47.9. The van der Waals surface area contributed by atoms with Crippen LogP contribution in [-0.2, 0) is 13.1 Å². The van der Waals surface area contributed by atoms with Crippen molar-refractivity contribution in [1.29, 1.82) is 0 Å². The second-order valence-corrected chi connectivity index (χ2v) is 15.6. The zero-order valence-electron chi connectivity index (χ0n) is 40.9. The predicted molar refractivity (Wildman–Crippen MR) is 280 cm³/mol. The van der Waals surface area contributed by atoms with Gasteiger partial charge in [-0.25, -0.2) is 15.0 Å². The molecule has 0 saturated carbocycles. The Morgan fingerprint density at radius 2 is 1.01 bits per heavy atom. The number of nitrogens with zero attached hydrogens (tertiary/aromatic N) is 11. The van der Waals surface area contributed by atoms with Crippen LogP contribution in [0.4, 0.5) is 5.82 Å². The maximum atomic E-state index is 4.57. The monoisotopic (exact) mass is 899 g/mol. The van der Waals surface area contributed by atoms with Crippen molar-refractivity contribution in [1.82, 2.24) is 45.0 Å². The molecule has 12 heteroatoms. The van der Waals surface area contributed by atoms with Crippen LogP contribution < -0.4 is 5.32 Å². The molecule has 0 atom stereocenters. The first-order valence-electron chi connectivity index (χ1n) is 23.3. The molecule has 1 N–H and O–H groups in total. The van der Waals surface area contributed by atoms with Gasteiger partial charge in [-0.3, -0.25) is 29.9 Å². The molecule has 0 saturated heterocycles. The summed E-state index contributed by atoms with van der Waals surface area (Å²) in [4.78, 5) is 44.0. The average Bonchev–Trinajstić information content (AvgIpc) is 3.34. The number of benzene rings is 1. The van der Waals surface area contributed by atoms with Crippen molar-refractivity contribution in [3.05, 3.63) is 185 Å². The molecule has 0 fully saturated rings. The highest BCUT2D eigenvalue weighted by atomic mass is 15.1. The average molecular weight is 899 g/mol. The van der Waals surface area contributed by atoms with Gasteiger partial charge in [0.2, 0.25) is 0 Å². The molecule has 7 aromatic rings. The van der Waals surface area contributed by atoms with E-state index < -0.39 is 0 Å². The summed E-state index contributed by atoms with van der Waals surface area (Å²) in [6.07, 6.45) is 9.08. The van der Waals surface area contributed by atoms with E-state index in [1.165, 1.54) is 10.9 Å². The fourth-order valence-electron chi connectivity index (χ4n) is 6.56. The van der Waals surface area contributed by atoms with Crippen molar-refractivity contribution >= 4 is 35.4 Å². The largest absolute Gasteiger partial charge is 0.306 e. The summed E-state index contributed by atoms with van der Waals surface area (Å²) in [7, 11) is 0. The lowest BCUT2D eigenvalue weighted by molar-refractivity contribution is 0.313. The first-order valence-corrected chi connectivity index (χ1v) is 23.3. The Bertz CT molecular complexity index is 2460. The summed E-state index contributed by atoms with van der Waals surface area (Å²) in [6.45, 7) is 26.3.